The molecule has 2 nitrogen and oxygen atoms in total. The molecule has 0 saturated carbocycles. The van der Waals surface area contributed by atoms with Gasteiger partial charge >= 0.3 is 0 Å². The van der Waals surface area contributed by atoms with Gasteiger partial charge in [0.25, 0.3) is 0 Å². The summed E-state index contributed by atoms with van der Waals surface area (Å²) in [6, 6.07) is 14.0. The third kappa shape index (κ3) is 6.27. The molecule has 0 bridgehead atoms. The number of nitrogens with zero attached hydrogens (tertiary/aromatic N) is 1. The molecule has 130 valence electrons. The maximum atomic E-state index is 12.9. The lowest BCUT2D eigenvalue weighted by atomic mass is 10.1. The quantitative estimate of drug-likeness (QED) is 0.589. The topological polar surface area (TPSA) is 20.3 Å². The van der Waals surface area contributed by atoms with Crippen LogP contribution in [0.25, 0.3) is 0 Å². The summed E-state index contributed by atoms with van der Waals surface area (Å²) in [7, 11) is 0. The van der Waals surface area contributed by atoms with Crippen LogP contribution in [0.5, 0.6) is 0 Å². The number of hydrogen-bond acceptors (Lipinski definition) is 3. The molecule has 5 heteroatoms. The zero-order valence-corrected chi connectivity index (χ0v) is 15.6. The fraction of sp³-hybridized carbons (Fsp3) is 0.316. The largest absolute Gasteiger partial charge is 0.303 e. The molecule has 0 radical (unpaired) electrons. The highest BCUT2D eigenvalue weighted by Crippen LogP contribution is 2.27. The van der Waals surface area contributed by atoms with Crippen LogP contribution < -0.4 is 0 Å². The summed E-state index contributed by atoms with van der Waals surface area (Å²) < 4.78 is 12.9. The van der Waals surface area contributed by atoms with Crippen LogP contribution >= 0.6 is 24.2 Å². The van der Waals surface area contributed by atoms with Gasteiger partial charge in [-0.1, -0.05) is 37.7 Å². The van der Waals surface area contributed by atoms with Gasteiger partial charge in [0.2, 0.25) is 0 Å². The summed E-state index contributed by atoms with van der Waals surface area (Å²) in [5, 5.41) is 0. The van der Waals surface area contributed by atoms with E-state index in [2.05, 4.69) is 18.7 Å². The van der Waals surface area contributed by atoms with E-state index in [0.29, 0.717) is 6.42 Å². The van der Waals surface area contributed by atoms with Crippen LogP contribution in [-0.2, 0) is 0 Å². The molecule has 0 aliphatic heterocycles. The SMILES string of the molecule is CCN(CC)CCC(=O)c1ccc(Sc2ccc(F)cc2)cc1.Cl. The standard InChI is InChI=1S/C19H22FNOS.ClH/c1-3-21(4-2)14-13-19(22)15-5-9-17(10-6-15)23-18-11-7-16(20)8-12-18;/h5-12H,3-4,13-14H2,1-2H3;1H. The van der Waals surface area contributed by atoms with Crippen LogP contribution in [0.1, 0.15) is 30.6 Å². The van der Waals surface area contributed by atoms with E-state index in [1.165, 1.54) is 12.1 Å². The molecule has 2 aromatic rings. The van der Waals surface area contributed by atoms with Crippen molar-refractivity contribution in [2.24, 2.45) is 0 Å². The Labute approximate surface area is 153 Å². The van der Waals surface area contributed by atoms with Gasteiger partial charge in [0.05, 0.1) is 0 Å². The van der Waals surface area contributed by atoms with Gasteiger partial charge in [-0.25, -0.2) is 4.39 Å². The second-order valence-electron chi connectivity index (χ2n) is 5.28. The van der Waals surface area contributed by atoms with Crippen molar-refractivity contribution in [1.29, 1.82) is 0 Å². The van der Waals surface area contributed by atoms with Crippen LogP contribution in [0.3, 0.4) is 0 Å². The molecule has 2 aromatic carbocycles. The average Bonchev–Trinajstić information content (AvgIpc) is 2.58. The monoisotopic (exact) mass is 367 g/mol. The van der Waals surface area contributed by atoms with Gasteiger partial charge < -0.3 is 4.90 Å². The van der Waals surface area contributed by atoms with Crippen molar-refractivity contribution in [2.75, 3.05) is 19.6 Å². The lowest BCUT2D eigenvalue weighted by Crippen LogP contribution is -2.25. The number of halogens is 2. The highest BCUT2D eigenvalue weighted by atomic mass is 35.5. The van der Waals surface area contributed by atoms with E-state index in [9.17, 15) is 9.18 Å². The Bertz CT molecular complexity index is 627. The molecule has 0 aromatic heterocycles. The fourth-order valence-electron chi connectivity index (χ4n) is 2.29. The van der Waals surface area contributed by atoms with E-state index < -0.39 is 0 Å². The number of carbonyl (C=O) groups excluding carboxylic acids is 1. The van der Waals surface area contributed by atoms with Gasteiger partial charge in [-0.3, -0.25) is 4.79 Å². The number of carbonyl (C=O) groups is 1. The molecule has 0 N–H and O–H groups in total. The van der Waals surface area contributed by atoms with Gasteiger partial charge in [0.1, 0.15) is 5.82 Å². The van der Waals surface area contributed by atoms with Crippen LogP contribution in [0.2, 0.25) is 0 Å². The van der Waals surface area contributed by atoms with E-state index >= 15 is 0 Å². The van der Waals surface area contributed by atoms with Crippen molar-refractivity contribution >= 4 is 30.0 Å². The first-order chi connectivity index (χ1) is 11.1. The predicted molar refractivity (Wildman–Crippen MR) is 101 cm³/mol. The highest BCUT2D eigenvalue weighted by molar-refractivity contribution is 7.99. The van der Waals surface area contributed by atoms with Gasteiger partial charge in [-0.05, 0) is 49.5 Å². The normalized spacial score (nSPS) is 10.5. The van der Waals surface area contributed by atoms with Crippen LogP contribution in [0, 0.1) is 5.82 Å². The van der Waals surface area contributed by atoms with Gasteiger partial charge in [-0.2, -0.15) is 0 Å². The minimum Gasteiger partial charge on any atom is -0.303 e. The number of hydrogen-bond donors (Lipinski definition) is 0. The maximum absolute atomic E-state index is 12.9. The van der Waals surface area contributed by atoms with Crippen LogP contribution in [0.4, 0.5) is 4.39 Å². The Morgan fingerprint density at radius 2 is 1.46 bits per heavy atom. The van der Waals surface area contributed by atoms with E-state index in [1.54, 1.807) is 23.9 Å². The molecule has 0 spiro atoms. The Morgan fingerprint density at radius 3 is 1.96 bits per heavy atom. The van der Waals surface area contributed by atoms with E-state index in [-0.39, 0.29) is 24.0 Å². The van der Waals surface area contributed by atoms with Gasteiger partial charge in [0, 0.05) is 28.3 Å². The summed E-state index contributed by atoms with van der Waals surface area (Å²) in [5.41, 5.74) is 0.751. The van der Waals surface area contributed by atoms with Crippen LogP contribution in [-0.4, -0.2) is 30.3 Å². The van der Waals surface area contributed by atoms with Crippen molar-refractivity contribution in [2.45, 2.75) is 30.1 Å². The van der Waals surface area contributed by atoms with Gasteiger partial charge in [0.15, 0.2) is 5.78 Å². The first kappa shape index (κ1) is 20.7. The summed E-state index contributed by atoms with van der Waals surface area (Å²) in [5.74, 6) is -0.0567. The second kappa shape index (κ2) is 10.5. The third-order valence-corrected chi connectivity index (χ3v) is 4.79. The molecular formula is C19H23ClFNOS. The molecule has 0 aliphatic carbocycles. The van der Waals surface area contributed by atoms with Crippen molar-refractivity contribution in [3.05, 3.63) is 59.9 Å². The van der Waals surface area contributed by atoms with E-state index in [4.69, 9.17) is 0 Å². The molecule has 2 rings (SSSR count). The second-order valence-corrected chi connectivity index (χ2v) is 6.43. The molecule has 0 saturated heterocycles. The predicted octanol–water partition coefficient (Wildman–Crippen LogP) is 5.31. The highest BCUT2D eigenvalue weighted by Gasteiger charge is 2.08. The number of ketones is 1. The van der Waals surface area contributed by atoms with Crippen molar-refractivity contribution in [3.63, 3.8) is 0 Å². The van der Waals surface area contributed by atoms with Crippen LogP contribution in [0.15, 0.2) is 58.3 Å². The first-order valence-electron chi connectivity index (χ1n) is 7.91. The minimum absolute atomic E-state index is 0. The summed E-state index contributed by atoms with van der Waals surface area (Å²) in [6.45, 7) is 6.96. The molecule has 0 atom stereocenters. The molecule has 24 heavy (non-hydrogen) atoms. The Morgan fingerprint density at radius 1 is 0.958 bits per heavy atom. The smallest absolute Gasteiger partial charge is 0.164 e. The molecule has 0 amide bonds. The maximum Gasteiger partial charge on any atom is 0.164 e. The number of rotatable bonds is 8. The lowest BCUT2D eigenvalue weighted by Gasteiger charge is -2.17. The Hall–Kier alpha value is -1.36. The molecular weight excluding hydrogens is 345 g/mol. The molecule has 0 fully saturated rings. The molecule has 0 unspecified atom stereocenters. The average molecular weight is 368 g/mol. The summed E-state index contributed by atoms with van der Waals surface area (Å²) in [4.78, 5) is 16.5. The number of Topliss-reactive ketones (excluding diaryl/α,β-unsaturated/α-hetero) is 1. The van der Waals surface area contributed by atoms with E-state index in [0.717, 1.165) is 35.0 Å². The molecule has 0 aliphatic rings. The van der Waals surface area contributed by atoms with Crippen molar-refractivity contribution in [3.8, 4) is 0 Å². The fourth-order valence-corrected chi connectivity index (χ4v) is 3.11. The zero-order valence-electron chi connectivity index (χ0n) is 14.0. The summed E-state index contributed by atoms with van der Waals surface area (Å²) in [6.07, 6.45) is 0.548. The van der Waals surface area contributed by atoms with Gasteiger partial charge in [-0.15, -0.1) is 12.4 Å². The third-order valence-electron chi connectivity index (χ3n) is 3.78. The Balaban J connectivity index is 0.00000288. The zero-order chi connectivity index (χ0) is 16.7. The number of benzene rings is 2. The Kier molecular flexibility index (Phi) is 9.04. The van der Waals surface area contributed by atoms with E-state index in [1.807, 2.05) is 24.3 Å². The minimum atomic E-state index is -0.233. The van der Waals surface area contributed by atoms with Crippen molar-refractivity contribution in [1.82, 2.24) is 4.90 Å². The molecule has 0 heterocycles. The first-order valence-corrected chi connectivity index (χ1v) is 8.73. The van der Waals surface area contributed by atoms with Crippen molar-refractivity contribution < 1.29 is 9.18 Å². The summed E-state index contributed by atoms with van der Waals surface area (Å²) >= 11 is 1.56. The lowest BCUT2D eigenvalue weighted by molar-refractivity contribution is 0.0966.